The lowest BCUT2D eigenvalue weighted by molar-refractivity contribution is -0.0484. The molecule has 1 aromatic rings. The second kappa shape index (κ2) is 7.79. The number of ether oxygens (including phenoxy) is 3. The number of morpholine rings is 1. The maximum atomic E-state index is 12.5. The molecule has 1 aliphatic heterocycles. The first-order valence-electron chi connectivity index (χ1n) is 8.45. The standard InChI is InChI=1S/C18H25NO4/c1-21-15-6-4-5-14(13-15)18(20)23-17-8-3-2-7-16(17)19-9-11-22-12-10-19/h4-6,13,16-17H,2-3,7-12H2,1H3/t16-,17-/m1/s1. The number of hydrogen-bond acceptors (Lipinski definition) is 5. The Balaban J connectivity index is 1.67. The Labute approximate surface area is 137 Å². The molecule has 1 aromatic carbocycles. The van der Waals surface area contributed by atoms with Crippen molar-refractivity contribution in [3.63, 3.8) is 0 Å². The predicted octanol–water partition coefficient (Wildman–Crippen LogP) is 2.50. The van der Waals surface area contributed by atoms with Crippen LogP contribution in [0.5, 0.6) is 5.75 Å². The average molecular weight is 319 g/mol. The smallest absolute Gasteiger partial charge is 0.338 e. The molecular weight excluding hydrogens is 294 g/mol. The summed E-state index contributed by atoms with van der Waals surface area (Å²) in [5.41, 5.74) is 0.552. The van der Waals surface area contributed by atoms with Gasteiger partial charge in [-0.1, -0.05) is 12.5 Å². The highest BCUT2D eigenvalue weighted by Gasteiger charge is 2.33. The van der Waals surface area contributed by atoms with Crippen LogP contribution >= 0.6 is 0 Å². The number of methoxy groups -OCH3 is 1. The summed E-state index contributed by atoms with van der Waals surface area (Å²) >= 11 is 0. The van der Waals surface area contributed by atoms with Gasteiger partial charge >= 0.3 is 5.97 Å². The minimum absolute atomic E-state index is 0.0273. The lowest BCUT2D eigenvalue weighted by Crippen LogP contribution is -2.51. The van der Waals surface area contributed by atoms with Gasteiger partial charge in [0.2, 0.25) is 0 Å². The Kier molecular flexibility index (Phi) is 5.51. The van der Waals surface area contributed by atoms with Gasteiger partial charge in [-0.25, -0.2) is 4.79 Å². The van der Waals surface area contributed by atoms with Crippen LogP contribution in [0.3, 0.4) is 0 Å². The zero-order chi connectivity index (χ0) is 16.1. The van der Waals surface area contributed by atoms with Crippen LogP contribution in [0.1, 0.15) is 36.0 Å². The van der Waals surface area contributed by atoms with E-state index in [-0.39, 0.29) is 12.1 Å². The lowest BCUT2D eigenvalue weighted by Gasteiger charge is -2.41. The Morgan fingerprint density at radius 1 is 1.22 bits per heavy atom. The van der Waals surface area contributed by atoms with Crippen LogP contribution in [0, 0.1) is 0 Å². The lowest BCUT2D eigenvalue weighted by atomic mass is 9.91. The summed E-state index contributed by atoms with van der Waals surface area (Å²) in [5.74, 6) is 0.418. The number of carbonyl (C=O) groups is 1. The highest BCUT2D eigenvalue weighted by atomic mass is 16.5. The van der Waals surface area contributed by atoms with Crippen LogP contribution < -0.4 is 4.74 Å². The average Bonchev–Trinajstić information content (AvgIpc) is 2.63. The first-order valence-corrected chi connectivity index (χ1v) is 8.45. The fraction of sp³-hybridized carbons (Fsp3) is 0.611. The van der Waals surface area contributed by atoms with Gasteiger partial charge in [-0.15, -0.1) is 0 Å². The van der Waals surface area contributed by atoms with Gasteiger partial charge in [-0.2, -0.15) is 0 Å². The largest absolute Gasteiger partial charge is 0.497 e. The molecule has 126 valence electrons. The highest BCUT2D eigenvalue weighted by Crippen LogP contribution is 2.27. The van der Waals surface area contributed by atoms with E-state index in [0.717, 1.165) is 45.6 Å². The van der Waals surface area contributed by atoms with Gasteiger partial charge in [0.25, 0.3) is 0 Å². The summed E-state index contributed by atoms with van der Waals surface area (Å²) in [5, 5.41) is 0. The van der Waals surface area contributed by atoms with E-state index in [1.165, 1.54) is 6.42 Å². The molecule has 1 aliphatic carbocycles. The molecular formula is C18H25NO4. The number of carbonyl (C=O) groups excluding carboxylic acids is 1. The zero-order valence-corrected chi connectivity index (χ0v) is 13.7. The van der Waals surface area contributed by atoms with Gasteiger partial charge in [0.1, 0.15) is 11.9 Å². The third kappa shape index (κ3) is 4.03. The van der Waals surface area contributed by atoms with Gasteiger partial charge in [-0.3, -0.25) is 4.90 Å². The fourth-order valence-corrected chi connectivity index (χ4v) is 3.50. The van der Waals surface area contributed by atoms with Crippen molar-refractivity contribution in [1.82, 2.24) is 4.90 Å². The van der Waals surface area contributed by atoms with Crippen LogP contribution in [-0.2, 0) is 9.47 Å². The number of esters is 1. The summed E-state index contributed by atoms with van der Waals surface area (Å²) in [6.07, 6.45) is 4.33. The first-order chi connectivity index (χ1) is 11.3. The third-order valence-corrected chi connectivity index (χ3v) is 4.75. The van der Waals surface area contributed by atoms with Gasteiger partial charge < -0.3 is 14.2 Å². The predicted molar refractivity (Wildman–Crippen MR) is 86.8 cm³/mol. The van der Waals surface area contributed by atoms with Crippen molar-refractivity contribution in [2.75, 3.05) is 33.4 Å². The highest BCUT2D eigenvalue weighted by molar-refractivity contribution is 5.90. The van der Waals surface area contributed by atoms with Crippen molar-refractivity contribution in [1.29, 1.82) is 0 Å². The quantitative estimate of drug-likeness (QED) is 0.798. The van der Waals surface area contributed by atoms with Crippen LogP contribution in [0.2, 0.25) is 0 Å². The summed E-state index contributed by atoms with van der Waals surface area (Å²) in [4.78, 5) is 14.9. The van der Waals surface area contributed by atoms with Crippen LogP contribution in [0.25, 0.3) is 0 Å². The molecule has 0 unspecified atom stereocenters. The van der Waals surface area contributed by atoms with Crippen molar-refractivity contribution in [2.45, 2.75) is 37.8 Å². The molecule has 2 aliphatic rings. The second-order valence-corrected chi connectivity index (χ2v) is 6.18. The number of hydrogen-bond donors (Lipinski definition) is 0. The molecule has 5 heteroatoms. The van der Waals surface area contributed by atoms with Crippen LogP contribution in [0.15, 0.2) is 24.3 Å². The van der Waals surface area contributed by atoms with E-state index in [1.807, 2.05) is 12.1 Å². The van der Waals surface area contributed by atoms with E-state index in [4.69, 9.17) is 14.2 Å². The minimum Gasteiger partial charge on any atom is -0.497 e. The topological polar surface area (TPSA) is 48.0 Å². The molecule has 0 spiro atoms. The van der Waals surface area contributed by atoms with Gasteiger partial charge in [-0.05, 0) is 37.5 Å². The molecule has 3 rings (SSSR count). The van der Waals surface area contributed by atoms with E-state index in [1.54, 1.807) is 19.2 Å². The zero-order valence-electron chi connectivity index (χ0n) is 13.7. The normalized spacial score (nSPS) is 25.8. The molecule has 0 bridgehead atoms. The monoisotopic (exact) mass is 319 g/mol. The van der Waals surface area contributed by atoms with E-state index in [0.29, 0.717) is 17.4 Å². The van der Waals surface area contributed by atoms with Crippen molar-refractivity contribution in [3.8, 4) is 5.75 Å². The Hall–Kier alpha value is -1.59. The van der Waals surface area contributed by atoms with Crippen molar-refractivity contribution in [3.05, 3.63) is 29.8 Å². The SMILES string of the molecule is COc1cccc(C(=O)O[C@@H]2CCCC[C@H]2N2CCOCC2)c1. The Bertz CT molecular complexity index is 528. The summed E-state index contributed by atoms with van der Waals surface area (Å²) in [6.45, 7) is 3.40. The molecule has 5 nitrogen and oxygen atoms in total. The fourth-order valence-electron chi connectivity index (χ4n) is 3.50. The first kappa shape index (κ1) is 16.3. The molecule has 2 fully saturated rings. The maximum absolute atomic E-state index is 12.5. The van der Waals surface area contributed by atoms with Crippen molar-refractivity contribution < 1.29 is 19.0 Å². The Morgan fingerprint density at radius 2 is 2.00 bits per heavy atom. The Morgan fingerprint density at radius 3 is 2.78 bits per heavy atom. The number of benzene rings is 1. The number of nitrogens with zero attached hydrogens (tertiary/aromatic N) is 1. The molecule has 0 radical (unpaired) electrons. The van der Waals surface area contributed by atoms with Crippen molar-refractivity contribution >= 4 is 5.97 Å². The maximum Gasteiger partial charge on any atom is 0.338 e. The van der Waals surface area contributed by atoms with Gasteiger partial charge in [0.05, 0.1) is 25.9 Å². The second-order valence-electron chi connectivity index (χ2n) is 6.18. The van der Waals surface area contributed by atoms with Gasteiger partial charge in [0, 0.05) is 19.1 Å². The third-order valence-electron chi connectivity index (χ3n) is 4.75. The van der Waals surface area contributed by atoms with Crippen LogP contribution in [0.4, 0.5) is 0 Å². The van der Waals surface area contributed by atoms with E-state index in [9.17, 15) is 4.79 Å². The minimum atomic E-state index is -0.256. The molecule has 1 saturated heterocycles. The van der Waals surface area contributed by atoms with Crippen molar-refractivity contribution in [2.24, 2.45) is 0 Å². The number of rotatable bonds is 4. The molecule has 2 atom stereocenters. The molecule has 0 amide bonds. The molecule has 1 heterocycles. The van der Waals surface area contributed by atoms with E-state index in [2.05, 4.69) is 4.90 Å². The van der Waals surface area contributed by atoms with Gasteiger partial charge in [0.15, 0.2) is 0 Å². The van der Waals surface area contributed by atoms with Crippen LogP contribution in [-0.4, -0.2) is 56.4 Å². The summed E-state index contributed by atoms with van der Waals surface area (Å²) in [6, 6.07) is 7.47. The van der Waals surface area contributed by atoms with E-state index >= 15 is 0 Å². The molecule has 0 N–H and O–H groups in total. The molecule has 23 heavy (non-hydrogen) atoms. The molecule has 0 aromatic heterocycles. The summed E-state index contributed by atoms with van der Waals surface area (Å²) in [7, 11) is 1.60. The van der Waals surface area contributed by atoms with E-state index < -0.39 is 0 Å². The molecule has 1 saturated carbocycles. The summed E-state index contributed by atoms with van der Waals surface area (Å²) < 4.78 is 16.5.